The number of allylic oxidation sites excluding steroid dienone is 2. The molecule has 0 aromatic heterocycles. The SMILES string of the molecule is C/C(CSCCSC/C(C)=C(\C)CC(Cl)Cl)=C(/C)CC(Cl)Cl. The van der Waals surface area contributed by atoms with Crippen LogP contribution in [0.25, 0.3) is 0 Å². The quantitative estimate of drug-likeness (QED) is 0.191. The lowest BCUT2D eigenvalue weighted by atomic mass is 10.1. The van der Waals surface area contributed by atoms with Crippen LogP contribution in [-0.4, -0.2) is 32.7 Å². The maximum absolute atomic E-state index is 5.81. The van der Waals surface area contributed by atoms with E-state index in [4.69, 9.17) is 46.4 Å². The molecule has 0 saturated heterocycles. The van der Waals surface area contributed by atoms with Crippen LogP contribution in [0.1, 0.15) is 40.5 Å². The van der Waals surface area contributed by atoms with Crippen molar-refractivity contribution in [3.63, 3.8) is 0 Å². The molecule has 0 spiro atoms. The van der Waals surface area contributed by atoms with Crippen molar-refractivity contribution in [2.45, 2.75) is 50.2 Å². The summed E-state index contributed by atoms with van der Waals surface area (Å²) in [6.07, 6.45) is 1.52. The van der Waals surface area contributed by atoms with Crippen molar-refractivity contribution in [3.8, 4) is 0 Å². The van der Waals surface area contributed by atoms with Gasteiger partial charge in [-0.2, -0.15) is 23.5 Å². The number of hydrogen-bond donors (Lipinski definition) is 0. The molecule has 130 valence electrons. The van der Waals surface area contributed by atoms with E-state index in [2.05, 4.69) is 27.7 Å². The topological polar surface area (TPSA) is 0 Å². The molecular weight excluding hydrogens is 398 g/mol. The summed E-state index contributed by atoms with van der Waals surface area (Å²) in [5.41, 5.74) is 5.40. The molecule has 0 saturated carbocycles. The van der Waals surface area contributed by atoms with Crippen molar-refractivity contribution in [1.29, 1.82) is 0 Å². The lowest BCUT2D eigenvalue weighted by Crippen LogP contribution is -1.97. The molecule has 0 bridgehead atoms. The van der Waals surface area contributed by atoms with Crippen molar-refractivity contribution in [2.24, 2.45) is 0 Å². The molecule has 0 atom stereocenters. The highest BCUT2D eigenvalue weighted by Gasteiger charge is 2.05. The van der Waals surface area contributed by atoms with Gasteiger partial charge in [-0.3, -0.25) is 0 Å². The Morgan fingerprint density at radius 3 is 1.23 bits per heavy atom. The molecule has 22 heavy (non-hydrogen) atoms. The van der Waals surface area contributed by atoms with Crippen LogP contribution in [0, 0.1) is 0 Å². The summed E-state index contributed by atoms with van der Waals surface area (Å²) >= 11 is 27.2. The molecule has 0 heterocycles. The number of halogens is 4. The van der Waals surface area contributed by atoms with Crippen molar-refractivity contribution in [1.82, 2.24) is 0 Å². The van der Waals surface area contributed by atoms with E-state index in [0.717, 1.165) is 35.9 Å². The Balaban J connectivity index is 3.87. The van der Waals surface area contributed by atoms with E-state index in [1.54, 1.807) is 0 Å². The van der Waals surface area contributed by atoms with Crippen LogP contribution in [-0.2, 0) is 0 Å². The third-order valence-electron chi connectivity index (χ3n) is 3.39. The molecule has 0 radical (unpaired) electrons. The molecule has 0 aromatic carbocycles. The van der Waals surface area contributed by atoms with Gasteiger partial charge in [-0.25, -0.2) is 0 Å². The van der Waals surface area contributed by atoms with Crippen molar-refractivity contribution in [3.05, 3.63) is 22.3 Å². The van der Waals surface area contributed by atoms with Gasteiger partial charge in [0.05, 0.1) is 0 Å². The van der Waals surface area contributed by atoms with Gasteiger partial charge in [0, 0.05) is 23.0 Å². The van der Waals surface area contributed by atoms with Gasteiger partial charge in [-0.1, -0.05) is 22.3 Å². The maximum atomic E-state index is 5.81. The highest BCUT2D eigenvalue weighted by Crippen LogP contribution is 2.22. The highest BCUT2D eigenvalue weighted by molar-refractivity contribution is 8.03. The molecule has 0 N–H and O–H groups in total. The zero-order valence-corrected chi connectivity index (χ0v) is 18.4. The first-order valence-electron chi connectivity index (χ1n) is 7.26. The number of thioether (sulfide) groups is 2. The first-order chi connectivity index (χ1) is 10.2. The van der Waals surface area contributed by atoms with Gasteiger partial charge in [-0.15, -0.1) is 46.4 Å². The first-order valence-corrected chi connectivity index (χ1v) is 11.3. The molecule has 0 amide bonds. The van der Waals surface area contributed by atoms with Crippen LogP contribution < -0.4 is 0 Å². The third-order valence-corrected chi connectivity index (χ3v) is 6.52. The van der Waals surface area contributed by atoms with Gasteiger partial charge < -0.3 is 0 Å². The minimum Gasteiger partial charge on any atom is -0.157 e. The Labute approximate surface area is 164 Å². The van der Waals surface area contributed by atoms with E-state index in [1.165, 1.54) is 22.3 Å². The minimum absolute atomic E-state index is 0.297. The largest absolute Gasteiger partial charge is 0.157 e. The van der Waals surface area contributed by atoms with E-state index < -0.39 is 0 Å². The molecule has 0 fully saturated rings. The van der Waals surface area contributed by atoms with Crippen LogP contribution in [0.2, 0.25) is 0 Å². The minimum atomic E-state index is -0.297. The third kappa shape index (κ3) is 12.7. The normalized spacial score (nSPS) is 14.5. The number of hydrogen-bond acceptors (Lipinski definition) is 2. The Hall–Kier alpha value is 1.34. The smallest absolute Gasteiger partial charge is 0.111 e. The Morgan fingerprint density at radius 2 is 0.955 bits per heavy atom. The predicted octanol–water partition coefficient (Wildman–Crippen LogP) is 7.51. The second-order valence-electron chi connectivity index (χ2n) is 5.42. The second-order valence-corrected chi connectivity index (χ2v) is 10.2. The molecule has 0 aliphatic heterocycles. The Morgan fingerprint density at radius 1 is 0.636 bits per heavy atom. The average Bonchev–Trinajstić information content (AvgIpc) is 2.40. The van der Waals surface area contributed by atoms with Crippen LogP contribution in [0.4, 0.5) is 0 Å². The number of alkyl halides is 4. The van der Waals surface area contributed by atoms with E-state index in [9.17, 15) is 0 Å². The standard InChI is InChI=1S/C16H26Cl4S2/c1-11(7-15(17)18)13(3)9-21-5-6-22-10-14(4)12(2)8-16(19)20/h15-16H,5-10H2,1-4H3/b13-11+,14-12+. The molecule has 0 unspecified atom stereocenters. The fraction of sp³-hybridized carbons (Fsp3) is 0.750. The lowest BCUT2D eigenvalue weighted by Gasteiger charge is -2.10. The zero-order chi connectivity index (χ0) is 17.1. The van der Waals surface area contributed by atoms with E-state index in [-0.39, 0.29) is 9.67 Å². The van der Waals surface area contributed by atoms with Gasteiger partial charge in [0.2, 0.25) is 0 Å². The number of rotatable bonds is 11. The summed E-state index contributed by atoms with van der Waals surface area (Å²) < 4.78 is 0. The molecular formula is C16H26Cl4S2. The van der Waals surface area contributed by atoms with Gasteiger partial charge in [0.25, 0.3) is 0 Å². The summed E-state index contributed by atoms with van der Waals surface area (Å²) in [7, 11) is 0. The molecule has 0 aliphatic carbocycles. The molecule has 0 nitrogen and oxygen atoms in total. The summed E-state index contributed by atoms with van der Waals surface area (Å²) in [5, 5.41) is 0. The fourth-order valence-corrected chi connectivity index (χ4v) is 4.89. The Bertz CT molecular complexity index is 340. The van der Waals surface area contributed by atoms with E-state index >= 15 is 0 Å². The van der Waals surface area contributed by atoms with Crippen molar-refractivity contribution >= 4 is 69.9 Å². The van der Waals surface area contributed by atoms with E-state index in [0.29, 0.717) is 0 Å². The highest BCUT2D eigenvalue weighted by atomic mass is 35.5. The lowest BCUT2D eigenvalue weighted by molar-refractivity contribution is 1.02. The summed E-state index contributed by atoms with van der Waals surface area (Å²) in [6.45, 7) is 8.55. The monoisotopic (exact) mass is 422 g/mol. The van der Waals surface area contributed by atoms with Crippen molar-refractivity contribution < 1.29 is 0 Å². The van der Waals surface area contributed by atoms with Crippen LogP contribution >= 0.6 is 69.9 Å². The maximum Gasteiger partial charge on any atom is 0.111 e. The summed E-state index contributed by atoms with van der Waals surface area (Å²) in [5.74, 6) is 4.42. The van der Waals surface area contributed by atoms with E-state index in [1.807, 2.05) is 23.5 Å². The predicted molar refractivity (Wildman–Crippen MR) is 112 cm³/mol. The van der Waals surface area contributed by atoms with Crippen LogP contribution in [0.5, 0.6) is 0 Å². The molecule has 0 aromatic rings. The van der Waals surface area contributed by atoms with Gasteiger partial charge in [0.15, 0.2) is 0 Å². The fourth-order valence-electron chi connectivity index (χ4n) is 1.63. The average molecular weight is 424 g/mol. The molecule has 0 aliphatic rings. The van der Waals surface area contributed by atoms with Gasteiger partial charge in [-0.05, 0) is 40.5 Å². The van der Waals surface area contributed by atoms with Crippen molar-refractivity contribution in [2.75, 3.05) is 23.0 Å². The molecule has 0 rings (SSSR count). The molecule has 6 heteroatoms. The van der Waals surface area contributed by atoms with Gasteiger partial charge in [0.1, 0.15) is 9.67 Å². The summed E-state index contributed by atoms with van der Waals surface area (Å²) in [6, 6.07) is 0. The van der Waals surface area contributed by atoms with Crippen LogP contribution in [0.3, 0.4) is 0 Å². The van der Waals surface area contributed by atoms with Crippen LogP contribution in [0.15, 0.2) is 22.3 Å². The summed E-state index contributed by atoms with van der Waals surface area (Å²) in [4.78, 5) is -0.594. The Kier molecular flexibility index (Phi) is 14.4. The van der Waals surface area contributed by atoms with Gasteiger partial charge >= 0.3 is 0 Å². The second kappa shape index (κ2) is 13.6. The first kappa shape index (κ1) is 23.3. The zero-order valence-electron chi connectivity index (χ0n) is 13.7.